The van der Waals surface area contributed by atoms with Gasteiger partial charge in [-0.2, -0.15) is 10.4 Å². The van der Waals surface area contributed by atoms with E-state index in [4.69, 9.17) is 5.26 Å². The summed E-state index contributed by atoms with van der Waals surface area (Å²) in [6, 6.07) is 3.87. The molecule has 23 heavy (non-hydrogen) atoms. The second-order valence-corrected chi connectivity index (χ2v) is 5.60. The van der Waals surface area contributed by atoms with Gasteiger partial charge in [0.15, 0.2) is 0 Å². The van der Waals surface area contributed by atoms with Gasteiger partial charge in [0.05, 0.1) is 24.7 Å². The third-order valence-corrected chi connectivity index (χ3v) is 3.94. The molecule has 0 spiro atoms. The molecule has 122 valence electrons. The van der Waals surface area contributed by atoms with Crippen LogP contribution >= 0.6 is 0 Å². The summed E-state index contributed by atoms with van der Waals surface area (Å²) in [4.78, 5) is 25.7. The van der Waals surface area contributed by atoms with E-state index in [1.54, 1.807) is 15.6 Å². The molecule has 0 radical (unpaired) electrons. The predicted octanol–water partition coefficient (Wildman–Crippen LogP) is 1.47. The Kier molecular flexibility index (Phi) is 5.52. The molecule has 1 fully saturated rings. The number of carbonyl (C=O) groups excluding carboxylic acids is 2. The van der Waals surface area contributed by atoms with E-state index in [1.165, 1.54) is 6.08 Å². The molecule has 7 nitrogen and oxygen atoms in total. The smallest absolute Gasteiger partial charge is 0.245 e. The summed E-state index contributed by atoms with van der Waals surface area (Å²) in [5.74, 6) is 0.346. The average Bonchev–Trinajstić information content (AvgIpc) is 2.91. The lowest BCUT2D eigenvalue weighted by Gasteiger charge is -2.30. The zero-order chi connectivity index (χ0) is 16.8. The maximum absolute atomic E-state index is 12.4. The van der Waals surface area contributed by atoms with Crippen molar-refractivity contribution in [3.05, 3.63) is 24.4 Å². The van der Waals surface area contributed by atoms with E-state index >= 15 is 0 Å². The largest absolute Gasteiger partial charge is 0.339 e. The Balaban J connectivity index is 1.94. The number of hydrogen-bond donors (Lipinski definition) is 1. The molecule has 0 saturated carbocycles. The van der Waals surface area contributed by atoms with Gasteiger partial charge in [-0.1, -0.05) is 6.58 Å². The van der Waals surface area contributed by atoms with Crippen molar-refractivity contribution in [2.24, 2.45) is 5.92 Å². The van der Waals surface area contributed by atoms with Crippen LogP contribution in [-0.2, 0) is 16.1 Å². The monoisotopic (exact) mass is 315 g/mol. The van der Waals surface area contributed by atoms with Crippen LogP contribution in [0, 0.1) is 24.2 Å². The highest BCUT2D eigenvalue weighted by Crippen LogP contribution is 2.20. The van der Waals surface area contributed by atoms with Crippen molar-refractivity contribution in [3.8, 4) is 6.07 Å². The van der Waals surface area contributed by atoms with Crippen LogP contribution in [0.2, 0.25) is 0 Å². The highest BCUT2D eigenvalue weighted by molar-refractivity contribution is 5.92. The van der Waals surface area contributed by atoms with E-state index in [0.717, 1.165) is 5.69 Å². The number of aromatic nitrogens is 2. The zero-order valence-electron chi connectivity index (χ0n) is 13.3. The number of rotatable bonds is 5. The van der Waals surface area contributed by atoms with Crippen molar-refractivity contribution in [2.75, 3.05) is 18.4 Å². The Morgan fingerprint density at radius 1 is 1.52 bits per heavy atom. The fraction of sp³-hybridized carbons (Fsp3) is 0.500. The number of aryl methyl sites for hydroxylation is 2. The van der Waals surface area contributed by atoms with Crippen molar-refractivity contribution in [1.29, 1.82) is 5.26 Å². The van der Waals surface area contributed by atoms with Gasteiger partial charge in [0.2, 0.25) is 11.8 Å². The van der Waals surface area contributed by atoms with E-state index in [1.807, 2.05) is 6.92 Å². The van der Waals surface area contributed by atoms with Crippen molar-refractivity contribution in [3.63, 3.8) is 0 Å². The van der Waals surface area contributed by atoms with Gasteiger partial charge in [-0.15, -0.1) is 0 Å². The molecule has 1 saturated heterocycles. The number of piperidine rings is 1. The fourth-order valence-electron chi connectivity index (χ4n) is 2.69. The predicted molar refractivity (Wildman–Crippen MR) is 85.3 cm³/mol. The summed E-state index contributed by atoms with van der Waals surface area (Å²) in [6.45, 7) is 6.91. The maximum Gasteiger partial charge on any atom is 0.245 e. The first-order chi connectivity index (χ1) is 11.0. The van der Waals surface area contributed by atoms with Gasteiger partial charge in [0.25, 0.3) is 0 Å². The van der Waals surface area contributed by atoms with E-state index in [0.29, 0.717) is 44.7 Å². The standard InChI is InChI=1S/C16H21N5O2/c1-3-15(22)20-9-5-13(6-10-20)16(23)18-14-11-12(2)19-21(14)8-4-7-17/h3,11,13H,1,4-6,8-10H2,2H3,(H,18,23). The highest BCUT2D eigenvalue weighted by Gasteiger charge is 2.27. The number of hydrogen-bond acceptors (Lipinski definition) is 4. The summed E-state index contributed by atoms with van der Waals surface area (Å²) in [7, 11) is 0. The lowest BCUT2D eigenvalue weighted by molar-refractivity contribution is -0.130. The Morgan fingerprint density at radius 3 is 2.83 bits per heavy atom. The molecular formula is C16H21N5O2. The number of nitriles is 1. The molecular weight excluding hydrogens is 294 g/mol. The van der Waals surface area contributed by atoms with Gasteiger partial charge < -0.3 is 10.2 Å². The summed E-state index contributed by atoms with van der Waals surface area (Å²) < 4.78 is 1.65. The summed E-state index contributed by atoms with van der Waals surface area (Å²) in [5.41, 5.74) is 0.796. The molecule has 0 atom stereocenters. The lowest BCUT2D eigenvalue weighted by Crippen LogP contribution is -2.40. The zero-order valence-corrected chi connectivity index (χ0v) is 13.3. The molecule has 2 rings (SSSR count). The molecule has 2 heterocycles. The summed E-state index contributed by atoms with van der Waals surface area (Å²) in [6.07, 6.45) is 2.91. The minimum Gasteiger partial charge on any atom is -0.339 e. The number of likely N-dealkylation sites (tertiary alicyclic amines) is 1. The van der Waals surface area contributed by atoms with Crippen molar-refractivity contribution in [1.82, 2.24) is 14.7 Å². The third-order valence-electron chi connectivity index (χ3n) is 3.94. The van der Waals surface area contributed by atoms with Crippen LogP contribution in [-0.4, -0.2) is 39.6 Å². The normalized spacial score (nSPS) is 15.0. The Hall–Kier alpha value is -2.62. The van der Waals surface area contributed by atoms with Crippen molar-refractivity contribution in [2.45, 2.75) is 32.7 Å². The molecule has 0 bridgehead atoms. The number of amides is 2. The molecule has 1 aliphatic heterocycles. The number of carbonyl (C=O) groups is 2. The van der Waals surface area contributed by atoms with Gasteiger partial charge in [-0.3, -0.25) is 9.59 Å². The molecule has 2 amide bonds. The number of anilines is 1. The molecule has 0 aliphatic carbocycles. The quantitative estimate of drug-likeness (QED) is 0.833. The summed E-state index contributed by atoms with van der Waals surface area (Å²) >= 11 is 0. The molecule has 1 aliphatic rings. The fourth-order valence-corrected chi connectivity index (χ4v) is 2.69. The van der Waals surface area contributed by atoms with E-state index in [-0.39, 0.29) is 17.7 Å². The second kappa shape index (κ2) is 7.58. The van der Waals surface area contributed by atoms with Crippen LogP contribution in [0.3, 0.4) is 0 Å². The highest BCUT2D eigenvalue weighted by atomic mass is 16.2. The summed E-state index contributed by atoms with van der Waals surface area (Å²) in [5, 5.41) is 15.9. The van der Waals surface area contributed by atoms with Crippen LogP contribution < -0.4 is 5.32 Å². The molecule has 0 unspecified atom stereocenters. The minimum atomic E-state index is -0.122. The van der Waals surface area contributed by atoms with Gasteiger partial charge >= 0.3 is 0 Å². The first-order valence-corrected chi connectivity index (χ1v) is 7.68. The van der Waals surface area contributed by atoms with Crippen LogP contribution in [0.25, 0.3) is 0 Å². The maximum atomic E-state index is 12.4. The van der Waals surface area contributed by atoms with Crippen molar-refractivity contribution >= 4 is 17.6 Å². The number of nitrogens with zero attached hydrogens (tertiary/aromatic N) is 4. The van der Waals surface area contributed by atoms with Gasteiger partial charge in [-0.05, 0) is 25.8 Å². The Labute approximate surface area is 135 Å². The SMILES string of the molecule is C=CC(=O)N1CCC(C(=O)Nc2cc(C)nn2CCC#N)CC1. The van der Waals surface area contributed by atoms with E-state index in [9.17, 15) is 9.59 Å². The average molecular weight is 315 g/mol. The van der Waals surface area contributed by atoms with Gasteiger partial charge in [0.1, 0.15) is 5.82 Å². The van der Waals surface area contributed by atoms with Gasteiger partial charge in [0, 0.05) is 25.1 Å². The third kappa shape index (κ3) is 4.19. The first kappa shape index (κ1) is 16.7. The number of nitrogens with one attached hydrogen (secondary N) is 1. The van der Waals surface area contributed by atoms with Gasteiger partial charge in [-0.25, -0.2) is 4.68 Å². The van der Waals surface area contributed by atoms with Crippen molar-refractivity contribution < 1.29 is 9.59 Å². The van der Waals surface area contributed by atoms with Crippen LogP contribution in [0.15, 0.2) is 18.7 Å². The van der Waals surface area contributed by atoms with Crippen LogP contribution in [0.1, 0.15) is 25.0 Å². The molecule has 1 aromatic rings. The second-order valence-electron chi connectivity index (χ2n) is 5.60. The van der Waals surface area contributed by atoms with Crippen LogP contribution in [0.4, 0.5) is 5.82 Å². The van der Waals surface area contributed by atoms with E-state index in [2.05, 4.69) is 23.1 Å². The molecule has 1 N–H and O–H groups in total. The van der Waals surface area contributed by atoms with Crippen LogP contribution in [0.5, 0.6) is 0 Å². The molecule has 7 heteroatoms. The first-order valence-electron chi connectivity index (χ1n) is 7.68. The Morgan fingerprint density at radius 2 is 2.22 bits per heavy atom. The molecule has 1 aromatic heterocycles. The lowest BCUT2D eigenvalue weighted by atomic mass is 9.96. The molecule has 0 aromatic carbocycles. The topological polar surface area (TPSA) is 91.0 Å². The van der Waals surface area contributed by atoms with E-state index < -0.39 is 0 Å². The Bertz CT molecular complexity index is 635. The minimum absolute atomic E-state index is 0.0613.